The number of morpholine rings is 1. The molecular weight excluding hydrogens is 264 g/mol. The summed E-state index contributed by atoms with van der Waals surface area (Å²) in [7, 11) is 0. The van der Waals surface area contributed by atoms with Gasteiger partial charge in [0.2, 0.25) is 0 Å². The van der Waals surface area contributed by atoms with Crippen LogP contribution in [-0.4, -0.2) is 40.7 Å². The minimum atomic E-state index is -0.965. The lowest BCUT2D eigenvalue weighted by Crippen LogP contribution is -2.36. The molecule has 0 amide bonds. The van der Waals surface area contributed by atoms with Crippen LogP contribution in [0.4, 0.5) is 5.69 Å². The Labute approximate surface area is 113 Å². The summed E-state index contributed by atoms with van der Waals surface area (Å²) in [4.78, 5) is 13.4. The highest BCUT2D eigenvalue weighted by Crippen LogP contribution is 2.35. The molecule has 0 saturated carbocycles. The third kappa shape index (κ3) is 1.63. The van der Waals surface area contributed by atoms with E-state index in [-0.39, 0.29) is 5.69 Å². The van der Waals surface area contributed by atoms with Crippen molar-refractivity contribution in [2.45, 2.75) is 18.6 Å². The van der Waals surface area contributed by atoms with Gasteiger partial charge in [-0.1, -0.05) is 0 Å². The Morgan fingerprint density at radius 2 is 2.42 bits per heavy atom. The van der Waals surface area contributed by atoms with Gasteiger partial charge in [-0.25, -0.2) is 4.79 Å². The molecule has 2 atom stereocenters. The van der Waals surface area contributed by atoms with Crippen molar-refractivity contribution in [2.24, 2.45) is 0 Å². The van der Waals surface area contributed by atoms with Crippen molar-refractivity contribution in [2.75, 3.05) is 18.1 Å². The third-order valence-electron chi connectivity index (χ3n) is 3.89. The molecule has 1 aromatic heterocycles. The summed E-state index contributed by atoms with van der Waals surface area (Å²) >= 11 is 1.25. The molecule has 2 aliphatic rings. The van der Waals surface area contributed by atoms with Crippen molar-refractivity contribution in [3.8, 4) is 0 Å². The lowest BCUT2D eigenvalue weighted by molar-refractivity contribution is 0.0694. The summed E-state index contributed by atoms with van der Waals surface area (Å²) in [5, 5.41) is 9.78. The monoisotopic (exact) mass is 276 g/mol. The van der Waals surface area contributed by atoms with Gasteiger partial charge in [0.05, 0.1) is 23.5 Å². The number of rotatable bonds is 2. The molecule has 1 N–H and O–H groups in total. The Bertz CT molecular complexity index is 669. The molecule has 6 heteroatoms. The van der Waals surface area contributed by atoms with Crippen LogP contribution in [0.1, 0.15) is 16.9 Å². The number of nitrogens with zero attached hydrogens (tertiary/aromatic N) is 2. The summed E-state index contributed by atoms with van der Waals surface area (Å²) in [5.41, 5.74) is 1.29. The smallest absolute Gasteiger partial charge is 0.356 e. The first-order chi connectivity index (χ1) is 9.22. The quantitative estimate of drug-likeness (QED) is 0.908. The van der Waals surface area contributed by atoms with Crippen molar-refractivity contribution in [1.82, 2.24) is 4.37 Å². The van der Waals surface area contributed by atoms with Crippen molar-refractivity contribution in [1.29, 1.82) is 0 Å². The highest BCUT2D eigenvalue weighted by Gasteiger charge is 2.39. The van der Waals surface area contributed by atoms with Crippen LogP contribution in [0.2, 0.25) is 0 Å². The Hall–Kier alpha value is -1.66. The molecule has 0 radical (unpaired) electrons. The molecule has 0 aliphatic carbocycles. The summed E-state index contributed by atoms with van der Waals surface area (Å²) in [5.74, 6) is -0.965. The molecule has 3 heterocycles. The van der Waals surface area contributed by atoms with Crippen molar-refractivity contribution < 1.29 is 14.6 Å². The highest BCUT2D eigenvalue weighted by atomic mass is 32.1. The zero-order chi connectivity index (χ0) is 13.0. The third-order valence-corrected chi connectivity index (χ3v) is 4.70. The van der Waals surface area contributed by atoms with Gasteiger partial charge in [-0.05, 0) is 36.2 Å². The minimum absolute atomic E-state index is 0.151. The van der Waals surface area contributed by atoms with E-state index in [9.17, 15) is 4.79 Å². The van der Waals surface area contributed by atoms with Gasteiger partial charge in [-0.15, -0.1) is 0 Å². The summed E-state index contributed by atoms with van der Waals surface area (Å²) in [6.45, 7) is 1.73. The predicted octanol–water partition coefficient (Wildman–Crippen LogP) is 1.97. The number of hydrogen-bond acceptors (Lipinski definition) is 5. The van der Waals surface area contributed by atoms with Gasteiger partial charge in [-0.3, -0.25) is 0 Å². The molecule has 2 saturated heterocycles. The van der Waals surface area contributed by atoms with E-state index in [0.29, 0.717) is 12.1 Å². The molecule has 1 aromatic carbocycles. The van der Waals surface area contributed by atoms with E-state index in [1.165, 1.54) is 11.5 Å². The van der Waals surface area contributed by atoms with Gasteiger partial charge >= 0.3 is 5.97 Å². The molecule has 2 fully saturated rings. The van der Waals surface area contributed by atoms with Gasteiger partial charge in [0.1, 0.15) is 0 Å². The van der Waals surface area contributed by atoms with E-state index in [1.807, 2.05) is 18.2 Å². The summed E-state index contributed by atoms with van der Waals surface area (Å²) in [6.07, 6.45) is 1.46. The molecule has 0 spiro atoms. The second kappa shape index (κ2) is 3.91. The summed E-state index contributed by atoms with van der Waals surface area (Å²) in [6, 6.07) is 6.36. The van der Waals surface area contributed by atoms with E-state index >= 15 is 0 Å². The van der Waals surface area contributed by atoms with Crippen LogP contribution < -0.4 is 4.90 Å². The van der Waals surface area contributed by atoms with Crippen molar-refractivity contribution in [3.63, 3.8) is 0 Å². The largest absolute Gasteiger partial charge is 0.476 e. The highest BCUT2D eigenvalue weighted by molar-refractivity contribution is 7.13. The van der Waals surface area contributed by atoms with Gasteiger partial charge in [0.15, 0.2) is 5.69 Å². The minimum Gasteiger partial charge on any atom is -0.476 e. The fourth-order valence-corrected chi connectivity index (χ4v) is 3.78. The first-order valence-corrected chi connectivity index (χ1v) is 7.00. The number of benzene rings is 1. The average Bonchev–Trinajstić information content (AvgIpc) is 3.12. The maximum Gasteiger partial charge on any atom is 0.356 e. The van der Waals surface area contributed by atoms with Gasteiger partial charge < -0.3 is 14.7 Å². The number of aromatic carboxylic acids is 1. The summed E-state index contributed by atoms with van der Waals surface area (Å²) < 4.78 is 10.5. The molecular formula is C13H12N2O3S. The molecule has 2 aromatic rings. The van der Waals surface area contributed by atoms with Gasteiger partial charge in [0, 0.05) is 17.6 Å². The van der Waals surface area contributed by atoms with Crippen LogP contribution in [0.3, 0.4) is 0 Å². The van der Waals surface area contributed by atoms with Crippen molar-refractivity contribution in [3.05, 3.63) is 23.9 Å². The number of aromatic nitrogens is 1. The fraction of sp³-hybridized carbons (Fsp3) is 0.385. The SMILES string of the molecule is O=C(O)c1nsc2cc(N3C[C@@H]4C[C@H]3CO4)ccc12. The number of fused-ring (bicyclic) bond motifs is 3. The molecule has 5 nitrogen and oxygen atoms in total. The molecule has 2 aliphatic heterocycles. The topological polar surface area (TPSA) is 62.7 Å². The van der Waals surface area contributed by atoms with E-state index in [4.69, 9.17) is 9.84 Å². The maximum absolute atomic E-state index is 11.0. The molecule has 98 valence electrons. The second-order valence-corrected chi connectivity index (χ2v) is 5.82. The van der Waals surface area contributed by atoms with Gasteiger partial charge in [0.25, 0.3) is 0 Å². The maximum atomic E-state index is 11.0. The number of carboxylic acids is 1. The van der Waals surface area contributed by atoms with Crippen LogP contribution in [0.5, 0.6) is 0 Å². The van der Waals surface area contributed by atoms with E-state index in [2.05, 4.69) is 9.27 Å². The molecule has 4 rings (SSSR count). The Kier molecular flexibility index (Phi) is 2.31. The predicted molar refractivity (Wildman–Crippen MR) is 72.1 cm³/mol. The van der Waals surface area contributed by atoms with Crippen LogP contribution in [0, 0.1) is 0 Å². The van der Waals surface area contributed by atoms with Crippen LogP contribution in [-0.2, 0) is 4.74 Å². The normalized spacial score (nSPS) is 25.4. The molecule has 2 bridgehead atoms. The Morgan fingerprint density at radius 3 is 3.11 bits per heavy atom. The standard InChI is InChI=1S/C13H12N2O3S/c16-13(17)12-10-2-1-7(4-11(10)19-14-12)15-5-9-3-8(15)6-18-9/h1-2,4,8-9H,3,5-6H2,(H,16,17)/t8-,9-/m0/s1. The molecule has 0 unspecified atom stereocenters. The number of carbonyl (C=O) groups is 1. The molecule has 19 heavy (non-hydrogen) atoms. The Balaban J connectivity index is 1.75. The lowest BCUT2D eigenvalue weighted by Gasteiger charge is -2.28. The zero-order valence-electron chi connectivity index (χ0n) is 10.1. The zero-order valence-corrected chi connectivity index (χ0v) is 10.9. The lowest BCUT2D eigenvalue weighted by atomic mass is 10.2. The van der Waals surface area contributed by atoms with E-state index in [1.54, 1.807) is 0 Å². The van der Waals surface area contributed by atoms with E-state index in [0.717, 1.165) is 35.3 Å². The number of hydrogen-bond donors (Lipinski definition) is 1. The average molecular weight is 276 g/mol. The van der Waals surface area contributed by atoms with Crippen LogP contribution in [0.15, 0.2) is 18.2 Å². The number of ether oxygens (including phenoxy) is 1. The van der Waals surface area contributed by atoms with Crippen molar-refractivity contribution >= 4 is 33.3 Å². The second-order valence-electron chi connectivity index (χ2n) is 5.01. The number of carboxylic acid groups (broad SMARTS) is 1. The number of anilines is 1. The fourth-order valence-electron chi connectivity index (χ4n) is 2.97. The van der Waals surface area contributed by atoms with Crippen LogP contribution in [0.25, 0.3) is 10.1 Å². The Morgan fingerprint density at radius 1 is 1.53 bits per heavy atom. The first kappa shape index (κ1) is 11.2. The van der Waals surface area contributed by atoms with Gasteiger partial charge in [-0.2, -0.15) is 4.37 Å². The first-order valence-electron chi connectivity index (χ1n) is 6.23. The van der Waals surface area contributed by atoms with E-state index < -0.39 is 5.97 Å². The van der Waals surface area contributed by atoms with Crippen LogP contribution >= 0.6 is 11.5 Å².